The molecule has 0 saturated carbocycles. The number of hydrogen-bond acceptors (Lipinski definition) is 5. The summed E-state index contributed by atoms with van der Waals surface area (Å²) in [5.41, 5.74) is -4.43. The van der Waals surface area contributed by atoms with Crippen molar-refractivity contribution in [2.24, 2.45) is 0 Å². The van der Waals surface area contributed by atoms with Crippen molar-refractivity contribution >= 4 is 11.7 Å². The molecule has 0 saturated heterocycles. The first-order valence-corrected chi connectivity index (χ1v) is 4.60. The van der Waals surface area contributed by atoms with Gasteiger partial charge in [0.2, 0.25) is 0 Å². The Hall–Kier alpha value is -2.63. The number of nitriles is 1. The zero-order valence-electron chi connectivity index (χ0n) is 9.32. The number of carbonyl (C=O) groups is 1. The number of nitrogens with zero attached hydrogens (tertiary/aromatic N) is 2. The van der Waals surface area contributed by atoms with Crippen LogP contribution in [0.1, 0.15) is 21.5 Å². The van der Waals surface area contributed by atoms with Crippen LogP contribution in [0.4, 0.5) is 18.9 Å². The molecule has 0 bridgehead atoms. The molecule has 0 amide bonds. The second kappa shape index (κ2) is 4.93. The van der Waals surface area contributed by atoms with Crippen LogP contribution in [-0.4, -0.2) is 18.0 Å². The van der Waals surface area contributed by atoms with Crippen molar-refractivity contribution in [3.8, 4) is 6.07 Å². The minimum Gasteiger partial charge on any atom is -0.465 e. The molecule has 0 atom stereocenters. The van der Waals surface area contributed by atoms with Gasteiger partial charge in [0.1, 0.15) is 6.07 Å². The summed E-state index contributed by atoms with van der Waals surface area (Å²) in [5, 5.41) is 19.2. The summed E-state index contributed by atoms with van der Waals surface area (Å²) in [6.45, 7) is 0. The van der Waals surface area contributed by atoms with Gasteiger partial charge in [-0.3, -0.25) is 10.1 Å². The zero-order chi connectivity index (χ0) is 14.8. The molecular formula is C10H5F3N2O4. The lowest BCUT2D eigenvalue weighted by Crippen LogP contribution is -2.17. The van der Waals surface area contributed by atoms with Gasteiger partial charge in [0.15, 0.2) is 0 Å². The molecule has 0 aromatic heterocycles. The van der Waals surface area contributed by atoms with E-state index in [9.17, 15) is 28.1 Å². The predicted molar refractivity (Wildman–Crippen MR) is 54.2 cm³/mol. The van der Waals surface area contributed by atoms with Crippen LogP contribution in [0.3, 0.4) is 0 Å². The largest absolute Gasteiger partial charge is 0.465 e. The highest BCUT2D eigenvalue weighted by atomic mass is 19.4. The second-order valence-corrected chi connectivity index (χ2v) is 3.27. The first-order chi connectivity index (χ1) is 8.72. The maximum atomic E-state index is 12.8. The number of nitro groups is 1. The summed E-state index contributed by atoms with van der Waals surface area (Å²) in [7, 11) is 0.827. The number of ether oxygens (including phenoxy) is 1. The molecule has 0 aliphatic rings. The Morgan fingerprint density at radius 2 is 2.05 bits per heavy atom. The van der Waals surface area contributed by atoms with Crippen molar-refractivity contribution in [1.82, 2.24) is 0 Å². The van der Waals surface area contributed by atoms with E-state index in [1.807, 2.05) is 0 Å². The molecule has 1 aromatic carbocycles. The maximum Gasteiger partial charge on any atom is 0.418 e. The van der Waals surface area contributed by atoms with E-state index in [2.05, 4.69) is 4.74 Å². The molecule has 0 fully saturated rings. The normalized spacial score (nSPS) is 10.7. The third-order valence-electron chi connectivity index (χ3n) is 2.14. The van der Waals surface area contributed by atoms with Crippen LogP contribution in [-0.2, 0) is 10.9 Å². The standard InChI is InChI=1S/C10H5F3N2O4/c1-19-9(16)7-3-6(15(17)18)2-5(4-14)8(7)10(11,12)13/h2-3H,1H3. The van der Waals surface area contributed by atoms with E-state index in [0.29, 0.717) is 12.1 Å². The summed E-state index contributed by atoms with van der Waals surface area (Å²) in [5.74, 6) is -1.41. The lowest BCUT2D eigenvalue weighted by atomic mass is 10.00. The van der Waals surface area contributed by atoms with Crippen LogP contribution in [0.25, 0.3) is 0 Å². The SMILES string of the molecule is COC(=O)c1cc([N+](=O)[O-])cc(C#N)c1C(F)(F)F. The quantitative estimate of drug-likeness (QED) is 0.468. The lowest BCUT2D eigenvalue weighted by molar-refractivity contribution is -0.385. The molecule has 6 nitrogen and oxygen atoms in total. The van der Waals surface area contributed by atoms with Gasteiger partial charge in [-0.2, -0.15) is 18.4 Å². The van der Waals surface area contributed by atoms with E-state index in [1.165, 1.54) is 6.07 Å². The van der Waals surface area contributed by atoms with Gasteiger partial charge < -0.3 is 4.74 Å². The van der Waals surface area contributed by atoms with Crippen LogP contribution in [0.2, 0.25) is 0 Å². The summed E-state index contributed by atoms with van der Waals surface area (Å²) >= 11 is 0. The highest BCUT2D eigenvalue weighted by Crippen LogP contribution is 2.37. The highest BCUT2D eigenvalue weighted by Gasteiger charge is 2.40. The number of non-ortho nitro benzene ring substituents is 1. The van der Waals surface area contributed by atoms with Crippen molar-refractivity contribution in [3.63, 3.8) is 0 Å². The van der Waals surface area contributed by atoms with E-state index >= 15 is 0 Å². The summed E-state index contributed by atoms with van der Waals surface area (Å²) in [4.78, 5) is 20.8. The Morgan fingerprint density at radius 3 is 2.42 bits per heavy atom. The fraction of sp³-hybridized carbons (Fsp3) is 0.200. The van der Waals surface area contributed by atoms with Crippen LogP contribution in [0.5, 0.6) is 0 Å². The Balaban J connectivity index is 3.74. The van der Waals surface area contributed by atoms with Crippen LogP contribution in [0.15, 0.2) is 12.1 Å². The molecule has 0 radical (unpaired) electrons. The van der Waals surface area contributed by atoms with E-state index in [0.717, 1.165) is 7.11 Å². The first-order valence-electron chi connectivity index (χ1n) is 4.60. The van der Waals surface area contributed by atoms with Crippen molar-refractivity contribution in [2.75, 3.05) is 7.11 Å². The number of halogens is 3. The summed E-state index contributed by atoms with van der Waals surface area (Å²) in [6.07, 6.45) is -5.01. The number of hydrogen-bond donors (Lipinski definition) is 0. The molecule has 0 aliphatic heterocycles. The number of rotatable bonds is 2. The monoisotopic (exact) mass is 274 g/mol. The van der Waals surface area contributed by atoms with Gasteiger partial charge in [-0.05, 0) is 0 Å². The topological polar surface area (TPSA) is 93.2 Å². The summed E-state index contributed by atoms with van der Waals surface area (Å²) in [6, 6.07) is 2.06. The Labute approximate surface area is 104 Å². The summed E-state index contributed by atoms with van der Waals surface area (Å²) < 4.78 is 42.5. The number of alkyl halides is 3. The fourth-order valence-corrected chi connectivity index (χ4v) is 1.40. The number of methoxy groups -OCH3 is 1. The maximum absolute atomic E-state index is 12.8. The van der Waals surface area contributed by atoms with E-state index < -0.39 is 39.4 Å². The van der Waals surface area contributed by atoms with Crippen LogP contribution < -0.4 is 0 Å². The molecule has 1 rings (SSSR count). The average Bonchev–Trinajstić information content (AvgIpc) is 2.34. The molecule has 1 aromatic rings. The van der Waals surface area contributed by atoms with Gasteiger partial charge in [0.05, 0.1) is 28.7 Å². The molecule has 0 aliphatic carbocycles. The number of nitro benzene ring substituents is 1. The Bertz CT molecular complexity index is 590. The number of carbonyl (C=O) groups excluding carboxylic acids is 1. The zero-order valence-corrected chi connectivity index (χ0v) is 9.32. The van der Waals surface area contributed by atoms with Crippen molar-refractivity contribution < 1.29 is 27.6 Å². The predicted octanol–water partition coefficient (Wildman–Crippen LogP) is 2.27. The van der Waals surface area contributed by atoms with Crippen molar-refractivity contribution in [2.45, 2.75) is 6.18 Å². The average molecular weight is 274 g/mol. The van der Waals surface area contributed by atoms with Gasteiger partial charge in [-0.1, -0.05) is 0 Å². The van der Waals surface area contributed by atoms with Crippen LogP contribution in [0, 0.1) is 21.4 Å². The van der Waals surface area contributed by atoms with Crippen molar-refractivity contribution in [3.05, 3.63) is 38.9 Å². The number of benzene rings is 1. The molecule has 0 spiro atoms. The van der Waals surface area contributed by atoms with E-state index in [4.69, 9.17) is 5.26 Å². The second-order valence-electron chi connectivity index (χ2n) is 3.27. The molecule has 0 heterocycles. The van der Waals surface area contributed by atoms with E-state index in [-0.39, 0.29) is 0 Å². The smallest absolute Gasteiger partial charge is 0.418 e. The number of esters is 1. The van der Waals surface area contributed by atoms with Crippen LogP contribution >= 0.6 is 0 Å². The highest BCUT2D eigenvalue weighted by molar-refractivity contribution is 5.93. The molecule has 19 heavy (non-hydrogen) atoms. The third kappa shape index (κ3) is 2.79. The lowest BCUT2D eigenvalue weighted by Gasteiger charge is -2.12. The van der Waals surface area contributed by atoms with Gasteiger partial charge in [0.25, 0.3) is 5.69 Å². The third-order valence-corrected chi connectivity index (χ3v) is 2.14. The Morgan fingerprint density at radius 1 is 1.47 bits per heavy atom. The van der Waals surface area contributed by atoms with Crippen molar-refractivity contribution in [1.29, 1.82) is 5.26 Å². The van der Waals surface area contributed by atoms with Gasteiger partial charge in [-0.15, -0.1) is 0 Å². The molecule has 100 valence electrons. The molecule has 9 heteroatoms. The van der Waals surface area contributed by atoms with Gasteiger partial charge >= 0.3 is 12.1 Å². The van der Waals surface area contributed by atoms with E-state index in [1.54, 1.807) is 0 Å². The molecular weight excluding hydrogens is 269 g/mol. The minimum atomic E-state index is -5.01. The van der Waals surface area contributed by atoms with Gasteiger partial charge in [-0.25, -0.2) is 4.79 Å². The molecule has 0 N–H and O–H groups in total. The fourth-order valence-electron chi connectivity index (χ4n) is 1.40. The first kappa shape index (κ1) is 14.4. The Kier molecular flexibility index (Phi) is 3.75. The van der Waals surface area contributed by atoms with Gasteiger partial charge in [0, 0.05) is 12.1 Å². The minimum absolute atomic E-state index is 0.426. The molecule has 0 unspecified atom stereocenters.